The van der Waals surface area contributed by atoms with E-state index in [1.54, 1.807) is 12.2 Å². The van der Waals surface area contributed by atoms with Gasteiger partial charge >= 0.3 is 0 Å². The Morgan fingerprint density at radius 2 is 1.04 bits per heavy atom. The van der Waals surface area contributed by atoms with Gasteiger partial charge in [-0.3, -0.25) is 4.84 Å². The lowest BCUT2D eigenvalue weighted by molar-refractivity contribution is -0.222. The number of methoxy groups -OCH3 is 1. The molecule has 0 unspecified atom stereocenters. The summed E-state index contributed by atoms with van der Waals surface area (Å²) >= 11 is 0. The lowest BCUT2D eigenvalue weighted by Gasteiger charge is -2.22. The molecule has 0 spiro atoms. The van der Waals surface area contributed by atoms with Gasteiger partial charge in [-0.1, -0.05) is 0 Å². The zero-order valence-electron chi connectivity index (χ0n) is 17.1. The summed E-state index contributed by atoms with van der Waals surface area (Å²) in [6.45, 7) is 8.79. The second-order valence-electron chi connectivity index (χ2n) is 5.74. The summed E-state index contributed by atoms with van der Waals surface area (Å²) in [5, 5.41) is 1.72. The summed E-state index contributed by atoms with van der Waals surface area (Å²) in [5.74, 6) is 0. The molecule has 1 fully saturated rings. The smallest absolute Gasteiger partial charge is 0.122 e. The van der Waals surface area contributed by atoms with Gasteiger partial charge in [-0.15, -0.1) is 0 Å². The first kappa shape index (κ1) is 25.6. The molecule has 1 aliphatic rings. The van der Waals surface area contributed by atoms with Crippen molar-refractivity contribution in [2.24, 2.45) is 0 Å². The van der Waals surface area contributed by atoms with Gasteiger partial charge in [0.25, 0.3) is 0 Å². The molecule has 10 nitrogen and oxygen atoms in total. The molecule has 0 bridgehead atoms. The summed E-state index contributed by atoms with van der Waals surface area (Å²) in [6.07, 6.45) is 0. The maximum atomic E-state index is 5.70. The van der Waals surface area contributed by atoms with Crippen LogP contribution in [0.5, 0.6) is 0 Å². The standard InChI is InChI=1S/C18H37NO9/c1-20-4-5-22-7-6-21-3-2-19-18-27-15-14-25-11-10-23-8-9-24-12-13-26-16-17-28-19/h2-18H2,1H3. The summed E-state index contributed by atoms with van der Waals surface area (Å²) in [4.78, 5) is 5.70. The molecule has 1 heterocycles. The highest BCUT2D eigenvalue weighted by Crippen LogP contribution is 1.94. The van der Waals surface area contributed by atoms with Crippen molar-refractivity contribution in [1.29, 1.82) is 0 Å². The van der Waals surface area contributed by atoms with Crippen LogP contribution in [-0.4, -0.2) is 125 Å². The Hall–Kier alpha value is -0.400. The number of hydrogen-bond acceptors (Lipinski definition) is 10. The topological polar surface area (TPSA) is 86.3 Å². The average molecular weight is 411 g/mol. The van der Waals surface area contributed by atoms with E-state index in [9.17, 15) is 0 Å². The molecular formula is C18H37NO9. The molecule has 28 heavy (non-hydrogen) atoms. The van der Waals surface area contributed by atoms with Crippen molar-refractivity contribution in [1.82, 2.24) is 5.06 Å². The predicted octanol–water partition coefficient (Wildman–Crippen LogP) is -0.0463. The van der Waals surface area contributed by atoms with E-state index in [0.717, 1.165) is 0 Å². The first-order valence-corrected chi connectivity index (χ1v) is 9.84. The molecule has 1 rings (SSSR count). The molecule has 1 saturated heterocycles. The second-order valence-corrected chi connectivity index (χ2v) is 5.74. The molecule has 0 aromatic rings. The van der Waals surface area contributed by atoms with Crippen LogP contribution in [-0.2, 0) is 42.7 Å². The molecule has 168 valence electrons. The third kappa shape index (κ3) is 17.7. The van der Waals surface area contributed by atoms with Crippen molar-refractivity contribution in [3.8, 4) is 0 Å². The lowest BCUT2D eigenvalue weighted by Crippen LogP contribution is -2.32. The van der Waals surface area contributed by atoms with E-state index in [2.05, 4.69) is 0 Å². The fourth-order valence-electron chi connectivity index (χ4n) is 2.07. The van der Waals surface area contributed by atoms with E-state index in [-0.39, 0.29) is 0 Å². The quantitative estimate of drug-likeness (QED) is 0.482. The minimum Gasteiger partial charge on any atom is -0.382 e. The Morgan fingerprint density at radius 3 is 1.61 bits per heavy atom. The van der Waals surface area contributed by atoms with Crippen LogP contribution in [0.3, 0.4) is 0 Å². The molecule has 1 aliphatic heterocycles. The Bertz CT molecular complexity index is 295. The van der Waals surface area contributed by atoms with E-state index in [1.807, 2.05) is 0 Å². The van der Waals surface area contributed by atoms with Gasteiger partial charge in [0.2, 0.25) is 0 Å². The van der Waals surface area contributed by atoms with Crippen molar-refractivity contribution in [3.63, 3.8) is 0 Å². The molecular weight excluding hydrogens is 374 g/mol. The number of rotatable bonds is 9. The van der Waals surface area contributed by atoms with Crippen LogP contribution < -0.4 is 0 Å². The van der Waals surface area contributed by atoms with Gasteiger partial charge in [0.05, 0.1) is 106 Å². The normalized spacial score (nSPS) is 20.5. The van der Waals surface area contributed by atoms with Crippen LogP contribution in [0, 0.1) is 0 Å². The van der Waals surface area contributed by atoms with E-state index in [4.69, 9.17) is 42.7 Å². The molecule has 0 aromatic heterocycles. The van der Waals surface area contributed by atoms with Crippen molar-refractivity contribution in [2.45, 2.75) is 0 Å². The van der Waals surface area contributed by atoms with Crippen LogP contribution in [0.15, 0.2) is 0 Å². The molecule has 10 heteroatoms. The molecule has 0 atom stereocenters. The zero-order valence-corrected chi connectivity index (χ0v) is 17.1. The Balaban J connectivity index is 2.15. The number of hydroxylamine groups is 2. The maximum absolute atomic E-state index is 5.70. The highest BCUT2D eigenvalue weighted by atomic mass is 16.7. The molecule has 0 aromatic carbocycles. The van der Waals surface area contributed by atoms with Crippen LogP contribution in [0.1, 0.15) is 0 Å². The van der Waals surface area contributed by atoms with Gasteiger partial charge in [0.1, 0.15) is 6.73 Å². The molecule has 0 N–H and O–H groups in total. The summed E-state index contributed by atoms with van der Waals surface area (Å²) in [6, 6.07) is 0. The zero-order chi connectivity index (χ0) is 20.0. The highest BCUT2D eigenvalue weighted by molar-refractivity contribution is 4.43. The van der Waals surface area contributed by atoms with Crippen LogP contribution in [0.25, 0.3) is 0 Å². The van der Waals surface area contributed by atoms with E-state index >= 15 is 0 Å². The minimum atomic E-state index is 0.330. The van der Waals surface area contributed by atoms with Crippen LogP contribution in [0.2, 0.25) is 0 Å². The minimum absolute atomic E-state index is 0.330. The lowest BCUT2D eigenvalue weighted by atomic mass is 10.6. The van der Waals surface area contributed by atoms with Gasteiger partial charge in [-0.05, 0) is 0 Å². The van der Waals surface area contributed by atoms with E-state index in [1.165, 1.54) is 0 Å². The van der Waals surface area contributed by atoms with Crippen LogP contribution >= 0.6 is 0 Å². The maximum Gasteiger partial charge on any atom is 0.122 e. The Morgan fingerprint density at radius 1 is 0.571 bits per heavy atom. The summed E-state index contributed by atoms with van der Waals surface area (Å²) in [5.41, 5.74) is 0. The largest absolute Gasteiger partial charge is 0.382 e. The molecule has 0 saturated carbocycles. The number of ether oxygens (including phenoxy) is 8. The van der Waals surface area contributed by atoms with Gasteiger partial charge in [-0.2, -0.15) is 5.06 Å². The predicted molar refractivity (Wildman–Crippen MR) is 100 cm³/mol. The number of hydrogen-bond donors (Lipinski definition) is 0. The fourth-order valence-corrected chi connectivity index (χ4v) is 2.07. The van der Waals surface area contributed by atoms with Gasteiger partial charge in [-0.25, -0.2) is 0 Å². The van der Waals surface area contributed by atoms with Gasteiger partial charge in [0.15, 0.2) is 0 Å². The molecule has 0 aliphatic carbocycles. The Labute approximate surface area is 168 Å². The van der Waals surface area contributed by atoms with Crippen molar-refractivity contribution < 1.29 is 42.7 Å². The average Bonchev–Trinajstić information content (AvgIpc) is 2.71. The van der Waals surface area contributed by atoms with Crippen LogP contribution in [0.4, 0.5) is 0 Å². The van der Waals surface area contributed by atoms with Gasteiger partial charge in [0, 0.05) is 7.11 Å². The van der Waals surface area contributed by atoms with E-state index in [0.29, 0.717) is 112 Å². The third-order valence-corrected chi connectivity index (χ3v) is 3.51. The first-order chi connectivity index (χ1) is 13.9. The monoisotopic (exact) mass is 411 g/mol. The van der Waals surface area contributed by atoms with Gasteiger partial charge < -0.3 is 37.9 Å². The third-order valence-electron chi connectivity index (χ3n) is 3.51. The van der Waals surface area contributed by atoms with Crippen molar-refractivity contribution in [3.05, 3.63) is 0 Å². The first-order valence-electron chi connectivity index (χ1n) is 9.84. The highest BCUT2D eigenvalue weighted by Gasteiger charge is 2.06. The number of nitrogens with zero attached hydrogens (tertiary/aromatic N) is 1. The van der Waals surface area contributed by atoms with Crippen molar-refractivity contribution in [2.75, 3.05) is 119 Å². The summed E-state index contributed by atoms with van der Waals surface area (Å²) in [7, 11) is 1.65. The molecule has 0 radical (unpaired) electrons. The fraction of sp³-hybridized carbons (Fsp3) is 1.00. The van der Waals surface area contributed by atoms with E-state index < -0.39 is 0 Å². The molecule has 0 amide bonds. The SMILES string of the molecule is COCCOCCOCCN1COCCOCCOCCOCCOCCO1. The second kappa shape index (κ2) is 21.3. The Kier molecular flexibility index (Phi) is 19.5. The van der Waals surface area contributed by atoms with Crippen molar-refractivity contribution >= 4 is 0 Å². The summed E-state index contributed by atoms with van der Waals surface area (Å²) < 4.78 is 43.1.